The number of hydrogen-bond donors (Lipinski definition) is 1. The fourth-order valence-electron chi connectivity index (χ4n) is 1.08. The molecule has 46 valence electrons. The largest absolute Gasteiger partial charge is 0.377 e. The van der Waals surface area contributed by atoms with E-state index in [0.29, 0.717) is 12.0 Å². The Morgan fingerprint density at radius 1 is 1.62 bits per heavy atom. The van der Waals surface area contributed by atoms with Crippen LogP contribution < -0.4 is 5.32 Å². The van der Waals surface area contributed by atoms with E-state index in [9.17, 15) is 0 Å². The molecule has 2 heteroatoms. The summed E-state index contributed by atoms with van der Waals surface area (Å²) in [6.07, 6.45) is 1.21. The molecule has 1 rings (SSSR count). The normalized spacial score (nSPS) is 37.5. The lowest BCUT2D eigenvalue weighted by Crippen LogP contribution is -2.21. The average Bonchev–Trinajstić information content (AvgIpc) is 1.85. The molecule has 0 aromatic carbocycles. The van der Waals surface area contributed by atoms with Gasteiger partial charge in [-0.2, -0.15) is 0 Å². The second-order valence-electron chi connectivity index (χ2n) is 2.55. The maximum absolute atomic E-state index is 5.01. The minimum atomic E-state index is 0.609. The Bertz CT molecular complexity index is 111. The van der Waals surface area contributed by atoms with Crippen LogP contribution in [0.25, 0.3) is 0 Å². The first-order valence-corrected chi connectivity index (χ1v) is 3.41. The molecule has 0 saturated carbocycles. The Kier molecular flexibility index (Phi) is 1.52. The lowest BCUT2D eigenvalue weighted by molar-refractivity contribution is 0.629. The molecular formula is C6H11NS. The molecule has 1 nitrogen and oxygen atoms in total. The summed E-state index contributed by atoms with van der Waals surface area (Å²) >= 11 is 5.01. The quantitative estimate of drug-likeness (QED) is 0.495. The number of nitrogens with one attached hydrogen (secondary N) is 1. The third kappa shape index (κ3) is 0.996. The van der Waals surface area contributed by atoms with E-state index in [-0.39, 0.29) is 0 Å². The Labute approximate surface area is 55.5 Å². The zero-order valence-electron chi connectivity index (χ0n) is 5.27. The van der Waals surface area contributed by atoms with Gasteiger partial charge in [-0.3, -0.25) is 0 Å². The standard InChI is InChI=1S/C6H11NS/c1-4-3-5(2)7-6(4)8/h4-5H,3H2,1-2H3,(H,7,8). The highest BCUT2D eigenvalue weighted by atomic mass is 32.1. The maximum atomic E-state index is 5.01. The molecule has 1 fully saturated rings. The summed E-state index contributed by atoms with van der Waals surface area (Å²) in [4.78, 5) is 1.04. The minimum Gasteiger partial charge on any atom is -0.377 e. The fraction of sp³-hybridized carbons (Fsp3) is 0.833. The molecule has 0 aliphatic carbocycles. The van der Waals surface area contributed by atoms with Crippen LogP contribution in [-0.4, -0.2) is 11.0 Å². The van der Waals surface area contributed by atoms with Gasteiger partial charge < -0.3 is 5.32 Å². The van der Waals surface area contributed by atoms with E-state index in [4.69, 9.17) is 12.2 Å². The summed E-state index contributed by atoms with van der Waals surface area (Å²) in [6, 6.07) is 0.609. The predicted molar refractivity (Wildman–Crippen MR) is 39.0 cm³/mol. The van der Waals surface area contributed by atoms with E-state index in [2.05, 4.69) is 19.2 Å². The Hall–Kier alpha value is -0.110. The Morgan fingerprint density at radius 2 is 2.25 bits per heavy atom. The summed E-state index contributed by atoms with van der Waals surface area (Å²) in [5, 5.41) is 3.20. The molecule has 0 radical (unpaired) electrons. The second kappa shape index (κ2) is 2.02. The lowest BCUT2D eigenvalue weighted by atomic mass is 10.1. The first kappa shape index (κ1) is 6.02. The summed E-state index contributed by atoms with van der Waals surface area (Å²) in [5.41, 5.74) is 0. The summed E-state index contributed by atoms with van der Waals surface area (Å²) in [6.45, 7) is 4.33. The van der Waals surface area contributed by atoms with Gasteiger partial charge in [-0.05, 0) is 13.3 Å². The average molecular weight is 129 g/mol. The highest BCUT2D eigenvalue weighted by molar-refractivity contribution is 7.80. The minimum absolute atomic E-state index is 0.609. The number of thiocarbonyl (C=S) groups is 1. The van der Waals surface area contributed by atoms with Crippen LogP contribution >= 0.6 is 12.2 Å². The Morgan fingerprint density at radius 3 is 2.38 bits per heavy atom. The van der Waals surface area contributed by atoms with Gasteiger partial charge in [-0.25, -0.2) is 0 Å². The molecule has 1 saturated heterocycles. The van der Waals surface area contributed by atoms with E-state index in [1.165, 1.54) is 6.42 Å². The van der Waals surface area contributed by atoms with Crippen LogP contribution in [0.4, 0.5) is 0 Å². The van der Waals surface area contributed by atoms with Gasteiger partial charge in [0.2, 0.25) is 0 Å². The third-order valence-corrected chi connectivity index (χ3v) is 2.06. The van der Waals surface area contributed by atoms with Crippen molar-refractivity contribution in [2.45, 2.75) is 26.3 Å². The molecule has 0 amide bonds. The van der Waals surface area contributed by atoms with Gasteiger partial charge in [0.25, 0.3) is 0 Å². The van der Waals surface area contributed by atoms with E-state index in [0.717, 1.165) is 4.99 Å². The van der Waals surface area contributed by atoms with Crippen molar-refractivity contribution in [3.8, 4) is 0 Å². The molecule has 0 aromatic rings. The molecular weight excluding hydrogens is 118 g/mol. The van der Waals surface area contributed by atoms with Crippen molar-refractivity contribution in [3.05, 3.63) is 0 Å². The van der Waals surface area contributed by atoms with Gasteiger partial charge in [0.15, 0.2) is 0 Å². The topological polar surface area (TPSA) is 12.0 Å². The number of rotatable bonds is 0. The van der Waals surface area contributed by atoms with Gasteiger partial charge in [0, 0.05) is 12.0 Å². The van der Waals surface area contributed by atoms with E-state index in [1.807, 2.05) is 0 Å². The molecule has 1 aliphatic heterocycles. The van der Waals surface area contributed by atoms with Crippen molar-refractivity contribution in [2.24, 2.45) is 5.92 Å². The van der Waals surface area contributed by atoms with Gasteiger partial charge in [-0.1, -0.05) is 19.1 Å². The predicted octanol–water partition coefficient (Wildman–Crippen LogP) is 1.33. The molecule has 0 bridgehead atoms. The fourth-order valence-corrected chi connectivity index (χ4v) is 1.38. The van der Waals surface area contributed by atoms with Crippen LogP contribution in [0.1, 0.15) is 20.3 Å². The van der Waals surface area contributed by atoms with E-state index >= 15 is 0 Å². The number of hydrogen-bond acceptors (Lipinski definition) is 1. The smallest absolute Gasteiger partial charge is 0.0784 e. The molecule has 1 N–H and O–H groups in total. The molecule has 1 heterocycles. The zero-order valence-corrected chi connectivity index (χ0v) is 6.09. The van der Waals surface area contributed by atoms with Crippen LogP contribution in [0, 0.1) is 5.92 Å². The van der Waals surface area contributed by atoms with Crippen LogP contribution in [0.15, 0.2) is 0 Å². The molecule has 2 unspecified atom stereocenters. The lowest BCUT2D eigenvalue weighted by Gasteiger charge is -1.97. The SMILES string of the molecule is CC1CC(C)C(=S)N1. The van der Waals surface area contributed by atoms with Gasteiger partial charge in [0.1, 0.15) is 0 Å². The first-order chi connectivity index (χ1) is 3.70. The van der Waals surface area contributed by atoms with Gasteiger partial charge in [-0.15, -0.1) is 0 Å². The van der Waals surface area contributed by atoms with Crippen molar-refractivity contribution < 1.29 is 0 Å². The second-order valence-corrected chi connectivity index (χ2v) is 2.99. The third-order valence-electron chi connectivity index (χ3n) is 1.54. The summed E-state index contributed by atoms with van der Waals surface area (Å²) < 4.78 is 0. The van der Waals surface area contributed by atoms with Crippen molar-refractivity contribution in [2.75, 3.05) is 0 Å². The molecule has 1 aliphatic rings. The zero-order chi connectivity index (χ0) is 6.15. The maximum Gasteiger partial charge on any atom is 0.0784 e. The Balaban J connectivity index is 2.51. The van der Waals surface area contributed by atoms with Gasteiger partial charge >= 0.3 is 0 Å². The summed E-state index contributed by atoms with van der Waals surface area (Å²) in [7, 11) is 0. The molecule has 2 atom stereocenters. The van der Waals surface area contributed by atoms with Crippen molar-refractivity contribution in [1.29, 1.82) is 0 Å². The van der Waals surface area contributed by atoms with Crippen LogP contribution in [-0.2, 0) is 0 Å². The molecule has 8 heavy (non-hydrogen) atoms. The van der Waals surface area contributed by atoms with E-state index in [1.54, 1.807) is 0 Å². The highest BCUT2D eigenvalue weighted by Gasteiger charge is 2.20. The van der Waals surface area contributed by atoms with Gasteiger partial charge in [0.05, 0.1) is 4.99 Å². The monoisotopic (exact) mass is 129 g/mol. The van der Waals surface area contributed by atoms with Crippen LogP contribution in [0.2, 0.25) is 0 Å². The van der Waals surface area contributed by atoms with Crippen molar-refractivity contribution in [1.82, 2.24) is 5.32 Å². The van der Waals surface area contributed by atoms with Crippen LogP contribution in [0.5, 0.6) is 0 Å². The molecule has 0 spiro atoms. The molecule has 0 aromatic heterocycles. The van der Waals surface area contributed by atoms with E-state index < -0.39 is 0 Å². The van der Waals surface area contributed by atoms with Crippen LogP contribution in [0.3, 0.4) is 0 Å². The first-order valence-electron chi connectivity index (χ1n) is 3.00. The summed E-state index contributed by atoms with van der Waals surface area (Å²) in [5.74, 6) is 0.611. The van der Waals surface area contributed by atoms with Crippen molar-refractivity contribution in [3.63, 3.8) is 0 Å². The van der Waals surface area contributed by atoms with Crippen molar-refractivity contribution >= 4 is 17.2 Å². The highest BCUT2D eigenvalue weighted by Crippen LogP contribution is 2.14.